The van der Waals surface area contributed by atoms with E-state index in [0.717, 1.165) is 0 Å². The monoisotopic (exact) mass is 265 g/mol. The molecule has 3 rings (SSSR count). The summed E-state index contributed by atoms with van der Waals surface area (Å²) in [6.07, 6.45) is 0. The molecule has 0 N–H and O–H groups in total. The number of non-ortho nitro benzene ring substituents is 1. The van der Waals surface area contributed by atoms with Gasteiger partial charge in [-0.05, 0) is 30.3 Å². The zero-order valence-corrected chi connectivity index (χ0v) is 10.1. The molecule has 1 heterocycles. The number of rotatable bonds is 2. The van der Waals surface area contributed by atoms with Gasteiger partial charge in [-0.1, -0.05) is 0 Å². The quantitative estimate of drug-likeness (QED) is 0.523. The summed E-state index contributed by atoms with van der Waals surface area (Å²) in [5.41, 5.74) is 2.13. The molecule has 20 heavy (non-hydrogen) atoms. The summed E-state index contributed by atoms with van der Waals surface area (Å²) in [6.45, 7) is 0. The van der Waals surface area contributed by atoms with Crippen LogP contribution in [0.1, 0.15) is 5.56 Å². The summed E-state index contributed by atoms with van der Waals surface area (Å²) in [7, 11) is 0. The van der Waals surface area contributed by atoms with Gasteiger partial charge in [-0.25, -0.2) is 4.98 Å². The van der Waals surface area contributed by atoms with Crippen LogP contribution in [0.2, 0.25) is 0 Å². The number of nitro groups is 1. The molecule has 0 fully saturated rings. The first-order valence-electron chi connectivity index (χ1n) is 5.73. The van der Waals surface area contributed by atoms with Crippen molar-refractivity contribution in [3.63, 3.8) is 0 Å². The number of hydrogen-bond acceptors (Lipinski definition) is 5. The summed E-state index contributed by atoms with van der Waals surface area (Å²) < 4.78 is 5.55. The van der Waals surface area contributed by atoms with Gasteiger partial charge in [-0.3, -0.25) is 10.1 Å². The molecule has 0 aliphatic heterocycles. The summed E-state index contributed by atoms with van der Waals surface area (Å²) in [6, 6.07) is 13.0. The lowest BCUT2D eigenvalue weighted by molar-refractivity contribution is -0.384. The van der Waals surface area contributed by atoms with E-state index in [1.807, 2.05) is 6.07 Å². The van der Waals surface area contributed by atoms with Gasteiger partial charge in [0, 0.05) is 17.7 Å². The fourth-order valence-electron chi connectivity index (χ4n) is 1.84. The molecule has 0 unspecified atom stereocenters. The SMILES string of the molecule is N#Cc1ccc(-c2nc3cc([N+](=O)[O-])ccc3o2)cc1. The third-order valence-electron chi connectivity index (χ3n) is 2.84. The van der Waals surface area contributed by atoms with E-state index in [-0.39, 0.29) is 5.69 Å². The van der Waals surface area contributed by atoms with Crippen molar-refractivity contribution in [2.24, 2.45) is 0 Å². The highest BCUT2D eigenvalue weighted by Crippen LogP contribution is 2.26. The van der Waals surface area contributed by atoms with Crippen LogP contribution in [-0.4, -0.2) is 9.91 Å². The molecule has 1 aromatic heterocycles. The molecular weight excluding hydrogens is 258 g/mol. The molecule has 96 valence electrons. The highest BCUT2D eigenvalue weighted by Gasteiger charge is 2.12. The average Bonchev–Trinajstić information content (AvgIpc) is 2.90. The van der Waals surface area contributed by atoms with Gasteiger partial charge >= 0.3 is 0 Å². The van der Waals surface area contributed by atoms with Crippen molar-refractivity contribution >= 4 is 16.8 Å². The molecule has 0 saturated carbocycles. The molecule has 0 saturated heterocycles. The van der Waals surface area contributed by atoms with Gasteiger partial charge in [-0.2, -0.15) is 5.26 Å². The van der Waals surface area contributed by atoms with Crippen molar-refractivity contribution in [3.8, 4) is 17.5 Å². The number of hydrogen-bond donors (Lipinski definition) is 0. The van der Waals surface area contributed by atoms with Gasteiger partial charge in [0.05, 0.1) is 16.6 Å². The summed E-state index contributed by atoms with van der Waals surface area (Å²) in [5, 5.41) is 19.5. The Kier molecular flexibility index (Phi) is 2.66. The number of nitriles is 1. The normalized spacial score (nSPS) is 10.3. The molecule has 0 radical (unpaired) electrons. The van der Waals surface area contributed by atoms with Crippen molar-refractivity contribution in [1.29, 1.82) is 5.26 Å². The van der Waals surface area contributed by atoms with E-state index in [0.29, 0.717) is 28.1 Å². The molecule has 3 aromatic rings. The number of benzene rings is 2. The predicted octanol–water partition coefficient (Wildman–Crippen LogP) is 3.27. The Labute approximate surface area is 113 Å². The van der Waals surface area contributed by atoms with Gasteiger partial charge < -0.3 is 4.42 Å². The van der Waals surface area contributed by atoms with E-state index in [9.17, 15) is 10.1 Å². The molecule has 0 aliphatic carbocycles. The van der Waals surface area contributed by atoms with Crippen LogP contribution < -0.4 is 0 Å². The molecule has 0 spiro atoms. The second-order valence-corrected chi connectivity index (χ2v) is 4.12. The smallest absolute Gasteiger partial charge is 0.271 e. The number of nitrogens with zero attached hydrogens (tertiary/aromatic N) is 3. The Balaban J connectivity index is 2.08. The van der Waals surface area contributed by atoms with Gasteiger partial charge in [0.2, 0.25) is 5.89 Å². The predicted molar refractivity (Wildman–Crippen MR) is 70.8 cm³/mol. The van der Waals surface area contributed by atoms with Crippen LogP contribution >= 0.6 is 0 Å². The Morgan fingerprint density at radius 2 is 1.95 bits per heavy atom. The molecular formula is C14H7N3O3. The standard InChI is InChI=1S/C14H7N3O3/c15-8-9-1-3-10(4-2-9)14-16-12-7-11(17(18)19)5-6-13(12)20-14/h1-7H. The van der Waals surface area contributed by atoms with Crippen LogP contribution in [0, 0.1) is 21.4 Å². The highest BCUT2D eigenvalue weighted by atomic mass is 16.6. The van der Waals surface area contributed by atoms with Crippen LogP contribution in [0.3, 0.4) is 0 Å². The molecule has 0 bridgehead atoms. The molecule has 0 amide bonds. The van der Waals surface area contributed by atoms with Gasteiger partial charge in [-0.15, -0.1) is 0 Å². The minimum atomic E-state index is -0.477. The first-order valence-corrected chi connectivity index (χ1v) is 5.73. The summed E-state index contributed by atoms with van der Waals surface area (Å²) in [4.78, 5) is 14.5. The maximum atomic E-state index is 10.7. The van der Waals surface area contributed by atoms with Crippen molar-refractivity contribution in [2.75, 3.05) is 0 Å². The van der Waals surface area contributed by atoms with Crippen molar-refractivity contribution in [2.45, 2.75) is 0 Å². The first-order chi connectivity index (χ1) is 9.67. The topological polar surface area (TPSA) is 93.0 Å². The number of fused-ring (bicyclic) bond motifs is 1. The zero-order chi connectivity index (χ0) is 14.1. The van der Waals surface area contributed by atoms with Crippen LogP contribution in [0.15, 0.2) is 46.9 Å². The number of nitro benzene ring substituents is 1. The van der Waals surface area contributed by atoms with E-state index < -0.39 is 4.92 Å². The second-order valence-electron chi connectivity index (χ2n) is 4.12. The van der Waals surface area contributed by atoms with E-state index in [4.69, 9.17) is 9.68 Å². The molecule has 0 atom stereocenters. The van der Waals surface area contributed by atoms with Crippen LogP contribution in [0.25, 0.3) is 22.6 Å². The number of oxazole rings is 1. The lowest BCUT2D eigenvalue weighted by Crippen LogP contribution is -1.86. The van der Waals surface area contributed by atoms with Crippen LogP contribution in [0.5, 0.6) is 0 Å². The van der Waals surface area contributed by atoms with Crippen molar-refractivity contribution in [1.82, 2.24) is 4.98 Å². The lowest BCUT2D eigenvalue weighted by atomic mass is 10.1. The molecule has 6 heteroatoms. The maximum absolute atomic E-state index is 10.7. The fourth-order valence-corrected chi connectivity index (χ4v) is 1.84. The molecule has 6 nitrogen and oxygen atoms in total. The first kappa shape index (κ1) is 11.9. The van der Waals surface area contributed by atoms with Crippen LogP contribution in [0.4, 0.5) is 5.69 Å². The van der Waals surface area contributed by atoms with E-state index >= 15 is 0 Å². The summed E-state index contributed by atoms with van der Waals surface area (Å²) >= 11 is 0. The maximum Gasteiger partial charge on any atom is 0.271 e. The Morgan fingerprint density at radius 1 is 1.20 bits per heavy atom. The minimum absolute atomic E-state index is 0.0304. The largest absolute Gasteiger partial charge is 0.436 e. The molecule has 0 aliphatic rings. The highest BCUT2D eigenvalue weighted by molar-refractivity contribution is 5.78. The van der Waals surface area contributed by atoms with E-state index in [2.05, 4.69) is 4.98 Å². The third kappa shape index (κ3) is 1.97. The van der Waals surface area contributed by atoms with Gasteiger partial charge in [0.15, 0.2) is 5.58 Å². The average molecular weight is 265 g/mol. The van der Waals surface area contributed by atoms with Gasteiger partial charge in [0.25, 0.3) is 5.69 Å². The van der Waals surface area contributed by atoms with Crippen LogP contribution in [-0.2, 0) is 0 Å². The second kappa shape index (κ2) is 4.48. The van der Waals surface area contributed by atoms with Crippen molar-refractivity contribution < 1.29 is 9.34 Å². The van der Waals surface area contributed by atoms with Gasteiger partial charge in [0.1, 0.15) is 5.52 Å². The third-order valence-corrected chi connectivity index (χ3v) is 2.84. The zero-order valence-electron chi connectivity index (χ0n) is 10.1. The number of aromatic nitrogens is 1. The minimum Gasteiger partial charge on any atom is -0.436 e. The summed E-state index contributed by atoms with van der Waals surface area (Å²) in [5.74, 6) is 0.366. The van der Waals surface area contributed by atoms with E-state index in [1.165, 1.54) is 18.2 Å². The Morgan fingerprint density at radius 3 is 2.60 bits per heavy atom. The lowest BCUT2D eigenvalue weighted by Gasteiger charge is -1.93. The Hall–Kier alpha value is -3.20. The molecule has 2 aromatic carbocycles. The van der Waals surface area contributed by atoms with E-state index in [1.54, 1.807) is 24.3 Å². The van der Waals surface area contributed by atoms with Crippen molar-refractivity contribution in [3.05, 3.63) is 58.1 Å². The Bertz CT molecular complexity index is 844. The fraction of sp³-hybridized carbons (Fsp3) is 0.